The van der Waals surface area contributed by atoms with Crippen molar-refractivity contribution in [1.29, 1.82) is 0 Å². The molecule has 0 fully saturated rings. The fraction of sp³-hybridized carbons (Fsp3) is 0.333. The van der Waals surface area contributed by atoms with Gasteiger partial charge in [0.25, 0.3) is 0 Å². The highest BCUT2D eigenvalue weighted by Gasteiger charge is 2.11. The first-order valence-electron chi connectivity index (χ1n) is 6.49. The molecule has 0 unspecified atom stereocenters. The van der Waals surface area contributed by atoms with Crippen LogP contribution in [-0.4, -0.2) is 16.1 Å². The summed E-state index contributed by atoms with van der Waals surface area (Å²) in [6.07, 6.45) is 0.365. The van der Waals surface area contributed by atoms with Gasteiger partial charge in [-0.15, -0.1) is 0 Å². The van der Waals surface area contributed by atoms with Crippen LogP contribution in [-0.2, 0) is 17.8 Å². The lowest BCUT2D eigenvalue weighted by Gasteiger charge is -2.08. The first kappa shape index (κ1) is 14.8. The Hall–Kier alpha value is -1.62. The summed E-state index contributed by atoms with van der Waals surface area (Å²) < 4.78 is 1.05. The highest BCUT2D eigenvalue weighted by Crippen LogP contribution is 2.16. The van der Waals surface area contributed by atoms with Gasteiger partial charge in [-0.1, -0.05) is 22.0 Å². The Labute approximate surface area is 127 Å². The molecule has 0 aliphatic heterocycles. The van der Waals surface area contributed by atoms with Crippen molar-refractivity contribution in [2.45, 2.75) is 33.7 Å². The number of nitrogens with zero attached hydrogens (tertiary/aromatic N) is 1. The second-order valence-corrected chi connectivity index (χ2v) is 5.85. The Balaban J connectivity index is 1.96. The average Bonchev–Trinajstić information content (AvgIpc) is 2.69. The van der Waals surface area contributed by atoms with E-state index in [2.05, 4.69) is 31.4 Å². The molecule has 20 heavy (non-hydrogen) atoms. The Bertz CT molecular complexity index is 615. The van der Waals surface area contributed by atoms with E-state index in [-0.39, 0.29) is 5.91 Å². The van der Waals surface area contributed by atoms with Crippen LogP contribution in [0.1, 0.15) is 28.1 Å². The molecular weight excluding hydrogens is 318 g/mol. The summed E-state index contributed by atoms with van der Waals surface area (Å²) in [4.78, 5) is 12.0. The first-order chi connectivity index (χ1) is 9.47. The zero-order valence-electron chi connectivity index (χ0n) is 11.9. The van der Waals surface area contributed by atoms with Crippen LogP contribution in [0, 0.1) is 20.8 Å². The predicted octanol–water partition coefficient (Wildman–Crippen LogP) is 2.96. The minimum absolute atomic E-state index is 0.0138. The number of benzene rings is 1. The lowest BCUT2D eigenvalue weighted by Crippen LogP contribution is -2.25. The van der Waals surface area contributed by atoms with Gasteiger partial charge >= 0.3 is 0 Å². The van der Waals surface area contributed by atoms with Gasteiger partial charge < -0.3 is 5.32 Å². The molecule has 5 heteroatoms. The molecule has 0 aliphatic rings. The van der Waals surface area contributed by atoms with E-state index in [0.717, 1.165) is 32.6 Å². The van der Waals surface area contributed by atoms with Crippen LogP contribution < -0.4 is 5.32 Å². The van der Waals surface area contributed by atoms with Gasteiger partial charge in [0.1, 0.15) is 0 Å². The van der Waals surface area contributed by atoms with Gasteiger partial charge in [-0.25, -0.2) is 0 Å². The van der Waals surface area contributed by atoms with Crippen LogP contribution in [0.3, 0.4) is 0 Å². The van der Waals surface area contributed by atoms with Crippen LogP contribution >= 0.6 is 15.9 Å². The summed E-state index contributed by atoms with van der Waals surface area (Å²) in [5.41, 5.74) is 5.11. The number of carbonyl (C=O) groups is 1. The summed E-state index contributed by atoms with van der Waals surface area (Å²) in [5, 5.41) is 9.95. The molecule has 0 spiro atoms. The standard InChI is InChI=1S/C15H18BrN3O/c1-9-6-13(16)5-4-12(9)8-17-15(20)7-14-10(2)18-19-11(14)3/h4-6H,7-8H2,1-3H3,(H,17,20)(H,18,19). The maximum absolute atomic E-state index is 12.0. The third kappa shape index (κ3) is 3.48. The zero-order chi connectivity index (χ0) is 14.7. The predicted molar refractivity (Wildman–Crippen MR) is 82.5 cm³/mol. The van der Waals surface area contributed by atoms with Crippen LogP contribution in [0.2, 0.25) is 0 Å². The molecule has 1 aromatic heterocycles. The summed E-state index contributed by atoms with van der Waals surface area (Å²) in [5.74, 6) is 0.0138. The van der Waals surface area contributed by atoms with E-state index in [0.29, 0.717) is 13.0 Å². The first-order valence-corrected chi connectivity index (χ1v) is 7.29. The number of aryl methyl sites for hydroxylation is 3. The number of hydrogen-bond donors (Lipinski definition) is 2. The normalized spacial score (nSPS) is 10.6. The van der Waals surface area contributed by atoms with E-state index in [1.54, 1.807) is 0 Å². The highest BCUT2D eigenvalue weighted by atomic mass is 79.9. The minimum atomic E-state index is 0.0138. The molecule has 0 saturated carbocycles. The maximum atomic E-state index is 12.0. The summed E-state index contributed by atoms with van der Waals surface area (Å²) in [6.45, 7) is 6.43. The average molecular weight is 336 g/mol. The fourth-order valence-electron chi connectivity index (χ4n) is 2.11. The Morgan fingerprint density at radius 3 is 2.70 bits per heavy atom. The van der Waals surface area contributed by atoms with Crippen molar-refractivity contribution in [2.24, 2.45) is 0 Å². The lowest BCUT2D eigenvalue weighted by atomic mass is 10.1. The molecule has 1 amide bonds. The van der Waals surface area contributed by atoms with Gasteiger partial charge in [0.05, 0.1) is 12.1 Å². The van der Waals surface area contributed by atoms with Crippen LogP contribution in [0.5, 0.6) is 0 Å². The van der Waals surface area contributed by atoms with Gasteiger partial charge in [0, 0.05) is 22.3 Å². The number of nitrogens with one attached hydrogen (secondary N) is 2. The molecule has 2 aromatic rings. The Morgan fingerprint density at radius 2 is 2.10 bits per heavy atom. The van der Waals surface area contributed by atoms with Crippen molar-refractivity contribution in [1.82, 2.24) is 15.5 Å². The van der Waals surface area contributed by atoms with Crippen LogP contribution in [0.4, 0.5) is 0 Å². The largest absolute Gasteiger partial charge is 0.352 e. The Morgan fingerprint density at radius 1 is 1.35 bits per heavy atom. The molecule has 0 saturated heterocycles. The van der Waals surface area contributed by atoms with Crippen molar-refractivity contribution in [3.63, 3.8) is 0 Å². The monoisotopic (exact) mass is 335 g/mol. The van der Waals surface area contributed by atoms with Crippen molar-refractivity contribution in [2.75, 3.05) is 0 Å². The van der Waals surface area contributed by atoms with E-state index in [9.17, 15) is 4.79 Å². The number of aromatic amines is 1. The van der Waals surface area contributed by atoms with E-state index >= 15 is 0 Å². The molecule has 0 atom stereocenters. The van der Waals surface area contributed by atoms with Crippen molar-refractivity contribution in [3.8, 4) is 0 Å². The lowest BCUT2D eigenvalue weighted by molar-refractivity contribution is -0.120. The Kier molecular flexibility index (Phi) is 4.60. The van der Waals surface area contributed by atoms with Gasteiger partial charge in [0.15, 0.2) is 0 Å². The third-order valence-corrected chi connectivity index (χ3v) is 3.89. The van der Waals surface area contributed by atoms with E-state index in [1.807, 2.05) is 39.0 Å². The number of rotatable bonds is 4. The maximum Gasteiger partial charge on any atom is 0.224 e. The number of H-pyrrole nitrogens is 1. The minimum Gasteiger partial charge on any atom is -0.352 e. The fourth-order valence-corrected chi connectivity index (χ4v) is 2.58. The molecule has 2 rings (SSSR count). The van der Waals surface area contributed by atoms with Gasteiger partial charge in [-0.05, 0) is 44.0 Å². The molecule has 4 nitrogen and oxygen atoms in total. The van der Waals surface area contributed by atoms with E-state index < -0.39 is 0 Å². The van der Waals surface area contributed by atoms with Crippen molar-refractivity contribution in [3.05, 3.63) is 50.8 Å². The molecule has 106 valence electrons. The van der Waals surface area contributed by atoms with Gasteiger partial charge in [-0.2, -0.15) is 5.10 Å². The molecule has 1 heterocycles. The third-order valence-electron chi connectivity index (χ3n) is 3.40. The molecular formula is C15H18BrN3O. The number of carbonyl (C=O) groups excluding carboxylic acids is 1. The summed E-state index contributed by atoms with van der Waals surface area (Å²) >= 11 is 3.43. The molecule has 0 radical (unpaired) electrons. The second-order valence-electron chi connectivity index (χ2n) is 4.94. The molecule has 0 bridgehead atoms. The molecule has 2 N–H and O–H groups in total. The number of halogens is 1. The molecule has 1 aromatic carbocycles. The van der Waals surface area contributed by atoms with Gasteiger partial charge in [0.2, 0.25) is 5.91 Å². The van der Waals surface area contributed by atoms with E-state index in [4.69, 9.17) is 0 Å². The number of aromatic nitrogens is 2. The SMILES string of the molecule is Cc1cc(Br)ccc1CNC(=O)Cc1c(C)n[nH]c1C. The highest BCUT2D eigenvalue weighted by molar-refractivity contribution is 9.10. The van der Waals surface area contributed by atoms with Crippen LogP contribution in [0.25, 0.3) is 0 Å². The van der Waals surface area contributed by atoms with Crippen LogP contribution in [0.15, 0.2) is 22.7 Å². The summed E-state index contributed by atoms with van der Waals surface area (Å²) in [7, 11) is 0. The number of hydrogen-bond acceptors (Lipinski definition) is 2. The topological polar surface area (TPSA) is 57.8 Å². The molecule has 0 aliphatic carbocycles. The zero-order valence-corrected chi connectivity index (χ0v) is 13.5. The number of amides is 1. The summed E-state index contributed by atoms with van der Waals surface area (Å²) in [6, 6.07) is 6.05. The quantitative estimate of drug-likeness (QED) is 0.902. The second kappa shape index (κ2) is 6.22. The van der Waals surface area contributed by atoms with Crippen molar-refractivity contribution >= 4 is 21.8 Å². The van der Waals surface area contributed by atoms with Crippen molar-refractivity contribution < 1.29 is 4.79 Å². The van der Waals surface area contributed by atoms with Gasteiger partial charge in [-0.3, -0.25) is 9.89 Å². The van der Waals surface area contributed by atoms with E-state index in [1.165, 1.54) is 0 Å². The smallest absolute Gasteiger partial charge is 0.224 e.